The molecule has 0 aromatic heterocycles. The summed E-state index contributed by atoms with van der Waals surface area (Å²) in [5.41, 5.74) is 8.43. The van der Waals surface area contributed by atoms with Crippen molar-refractivity contribution in [1.82, 2.24) is 5.43 Å². The van der Waals surface area contributed by atoms with Crippen LogP contribution in [0.3, 0.4) is 0 Å². The van der Waals surface area contributed by atoms with Crippen LogP contribution in [0.4, 0.5) is 5.69 Å². The molecule has 0 fully saturated rings. The average molecular weight is 344 g/mol. The second-order valence-electron chi connectivity index (χ2n) is 5.55. The highest BCUT2D eigenvalue weighted by atomic mass is 35.5. The number of rotatable bonds is 2. The van der Waals surface area contributed by atoms with Gasteiger partial charge in [-0.05, 0) is 61.7 Å². The number of thiocarbonyl (C=S) groups is 1. The van der Waals surface area contributed by atoms with Gasteiger partial charge in [0.05, 0.1) is 5.71 Å². The molecule has 5 heteroatoms. The van der Waals surface area contributed by atoms with Crippen LogP contribution in [0.15, 0.2) is 47.6 Å². The Balaban J connectivity index is 1.71. The smallest absolute Gasteiger partial charge is 0.191 e. The number of fused-ring (bicyclic) bond motifs is 1. The highest BCUT2D eigenvalue weighted by molar-refractivity contribution is 7.80. The van der Waals surface area contributed by atoms with E-state index in [1.54, 1.807) is 0 Å². The van der Waals surface area contributed by atoms with Crippen LogP contribution in [-0.4, -0.2) is 10.8 Å². The molecule has 2 N–H and O–H groups in total. The monoisotopic (exact) mass is 343 g/mol. The van der Waals surface area contributed by atoms with Gasteiger partial charge in [0.2, 0.25) is 0 Å². The summed E-state index contributed by atoms with van der Waals surface area (Å²) < 4.78 is 0. The average Bonchev–Trinajstić information content (AvgIpc) is 2.57. The van der Waals surface area contributed by atoms with Gasteiger partial charge in [0.15, 0.2) is 5.11 Å². The van der Waals surface area contributed by atoms with Crippen molar-refractivity contribution in [3.8, 4) is 0 Å². The third-order valence-corrected chi connectivity index (χ3v) is 4.60. The molecule has 1 aliphatic carbocycles. The maximum atomic E-state index is 6.12. The molecule has 0 heterocycles. The summed E-state index contributed by atoms with van der Waals surface area (Å²) in [5, 5.41) is 8.82. The van der Waals surface area contributed by atoms with Crippen molar-refractivity contribution < 1.29 is 0 Å². The van der Waals surface area contributed by atoms with E-state index in [9.17, 15) is 0 Å². The zero-order valence-electron chi connectivity index (χ0n) is 12.9. The molecule has 0 aliphatic heterocycles. The SMILES string of the molecule is Cc1c(Cl)cccc1NC(=S)NN=C1CCCc2ccccc21. The molecule has 0 saturated heterocycles. The fourth-order valence-electron chi connectivity index (χ4n) is 2.73. The largest absolute Gasteiger partial charge is 0.331 e. The van der Waals surface area contributed by atoms with E-state index in [1.807, 2.05) is 31.2 Å². The molecule has 0 radical (unpaired) electrons. The molecule has 0 saturated carbocycles. The van der Waals surface area contributed by atoms with Crippen LogP contribution < -0.4 is 10.7 Å². The lowest BCUT2D eigenvalue weighted by molar-refractivity contribution is 0.828. The summed E-state index contributed by atoms with van der Waals surface area (Å²) in [6, 6.07) is 14.1. The summed E-state index contributed by atoms with van der Waals surface area (Å²) in [6.07, 6.45) is 3.19. The minimum absolute atomic E-state index is 0.464. The quantitative estimate of drug-likeness (QED) is 0.614. The summed E-state index contributed by atoms with van der Waals surface area (Å²) in [4.78, 5) is 0. The van der Waals surface area contributed by atoms with Gasteiger partial charge < -0.3 is 5.32 Å². The van der Waals surface area contributed by atoms with Crippen molar-refractivity contribution in [2.45, 2.75) is 26.2 Å². The van der Waals surface area contributed by atoms with Crippen molar-refractivity contribution in [3.05, 3.63) is 64.2 Å². The number of hydrazone groups is 1. The lowest BCUT2D eigenvalue weighted by Gasteiger charge is -2.18. The lowest BCUT2D eigenvalue weighted by atomic mass is 9.90. The predicted octanol–water partition coefficient (Wildman–Crippen LogP) is 4.68. The molecule has 0 spiro atoms. The Morgan fingerprint density at radius 3 is 2.83 bits per heavy atom. The first kappa shape index (κ1) is 16.0. The molecule has 3 nitrogen and oxygen atoms in total. The molecule has 0 atom stereocenters. The van der Waals surface area contributed by atoms with Gasteiger partial charge in [0.1, 0.15) is 0 Å². The molecular weight excluding hydrogens is 326 g/mol. The number of hydrogen-bond donors (Lipinski definition) is 2. The number of nitrogens with zero attached hydrogens (tertiary/aromatic N) is 1. The van der Waals surface area contributed by atoms with Crippen molar-refractivity contribution in [2.75, 3.05) is 5.32 Å². The van der Waals surface area contributed by atoms with E-state index in [4.69, 9.17) is 23.8 Å². The van der Waals surface area contributed by atoms with E-state index in [0.29, 0.717) is 10.1 Å². The van der Waals surface area contributed by atoms with Crippen molar-refractivity contribution in [3.63, 3.8) is 0 Å². The zero-order chi connectivity index (χ0) is 16.2. The van der Waals surface area contributed by atoms with Gasteiger partial charge in [-0.15, -0.1) is 0 Å². The fraction of sp³-hybridized carbons (Fsp3) is 0.222. The van der Waals surface area contributed by atoms with Crippen LogP contribution in [0.1, 0.15) is 29.5 Å². The molecule has 0 unspecified atom stereocenters. The number of anilines is 1. The minimum atomic E-state index is 0.464. The number of nitrogens with one attached hydrogen (secondary N) is 2. The third-order valence-electron chi connectivity index (χ3n) is 4.00. The topological polar surface area (TPSA) is 36.4 Å². The zero-order valence-corrected chi connectivity index (χ0v) is 14.5. The van der Waals surface area contributed by atoms with E-state index in [2.05, 4.69) is 34.0 Å². The Morgan fingerprint density at radius 1 is 1.13 bits per heavy atom. The van der Waals surface area contributed by atoms with E-state index in [1.165, 1.54) is 11.1 Å². The Bertz CT molecular complexity index is 771. The summed E-state index contributed by atoms with van der Waals surface area (Å²) in [5.74, 6) is 0. The fourth-order valence-corrected chi connectivity index (χ4v) is 3.06. The van der Waals surface area contributed by atoms with E-state index in [0.717, 1.165) is 36.2 Å². The Hall–Kier alpha value is -1.91. The third kappa shape index (κ3) is 3.71. The van der Waals surface area contributed by atoms with Crippen LogP contribution in [-0.2, 0) is 6.42 Å². The summed E-state index contributed by atoms with van der Waals surface area (Å²) >= 11 is 11.5. The molecule has 118 valence electrons. The van der Waals surface area contributed by atoms with E-state index < -0.39 is 0 Å². The Morgan fingerprint density at radius 2 is 1.96 bits per heavy atom. The molecule has 0 bridgehead atoms. The van der Waals surface area contributed by atoms with Gasteiger partial charge in [-0.2, -0.15) is 5.10 Å². The van der Waals surface area contributed by atoms with Crippen LogP contribution >= 0.6 is 23.8 Å². The molecule has 3 rings (SSSR count). The number of halogens is 1. The van der Waals surface area contributed by atoms with Gasteiger partial charge in [0.25, 0.3) is 0 Å². The first-order chi connectivity index (χ1) is 11.1. The van der Waals surface area contributed by atoms with Gasteiger partial charge in [-0.25, -0.2) is 0 Å². The second-order valence-corrected chi connectivity index (χ2v) is 6.36. The van der Waals surface area contributed by atoms with Crippen LogP contribution in [0.25, 0.3) is 0 Å². The van der Waals surface area contributed by atoms with Gasteiger partial charge >= 0.3 is 0 Å². The van der Waals surface area contributed by atoms with Crippen molar-refractivity contribution >= 4 is 40.3 Å². The van der Waals surface area contributed by atoms with Crippen molar-refractivity contribution in [1.29, 1.82) is 0 Å². The Labute approximate surface area is 146 Å². The number of aryl methyl sites for hydroxylation is 1. The summed E-state index contributed by atoms with van der Waals surface area (Å²) in [7, 11) is 0. The van der Waals surface area contributed by atoms with Crippen molar-refractivity contribution in [2.24, 2.45) is 5.10 Å². The molecular formula is C18H18ClN3S. The van der Waals surface area contributed by atoms with E-state index >= 15 is 0 Å². The molecule has 0 amide bonds. The number of benzene rings is 2. The minimum Gasteiger partial charge on any atom is -0.331 e. The standard InChI is InChI=1S/C18H18ClN3S/c1-12-15(19)9-5-10-16(12)20-18(23)22-21-17-11-4-7-13-6-2-3-8-14(13)17/h2-3,5-6,8-10H,4,7,11H2,1H3,(H2,20,22,23). The summed E-state index contributed by atoms with van der Waals surface area (Å²) in [6.45, 7) is 1.95. The lowest BCUT2D eigenvalue weighted by Crippen LogP contribution is -2.26. The highest BCUT2D eigenvalue weighted by Gasteiger charge is 2.14. The first-order valence-electron chi connectivity index (χ1n) is 7.62. The molecule has 23 heavy (non-hydrogen) atoms. The normalized spacial score (nSPS) is 15.1. The van der Waals surface area contributed by atoms with Crippen LogP contribution in [0.5, 0.6) is 0 Å². The van der Waals surface area contributed by atoms with Crippen LogP contribution in [0.2, 0.25) is 5.02 Å². The highest BCUT2D eigenvalue weighted by Crippen LogP contribution is 2.23. The maximum absolute atomic E-state index is 6.12. The van der Waals surface area contributed by atoms with Gasteiger partial charge in [-0.3, -0.25) is 5.43 Å². The van der Waals surface area contributed by atoms with E-state index in [-0.39, 0.29) is 0 Å². The van der Waals surface area contributed by atoms with Crippen LogP contribution in [0, 0.1) is 6.92 Å². The number of hydrogen-bond acceptors (Lipinski definition) is 2. The Kier molecular flexibility index (Phi) is 4.94. The maximum Gasteiger partial charge on any atom is 0.191 e. The van der Waals surface area contributed by atoms with Gasteiger partial charge in [0, 0.05) is 16.3 Å². The van der Waals surface area contributed by atoms with Gasteiger partial charge in [-0.1, -0.05) is 41.9 Å². The molecule has 1 aliphatic rings. The first-order valence-corrected chi connectivity index (χ1v) is 8.41. The second kappa shape index (κ2) is 7.11. The predicted molar refractivity (Wildman–Crippen MR) is 101 cm³/mol. The molecule has 2 aromatic carbocycles. The molecule has 2 aromatic rings.